The van der Waals surface area contributed by atoms with Crippen molar-refractivity contribution in [1.29, 1.82) is 5.41 Å². The summed E-state index contributed by atoms with van der Waals surface area (Å²) in [4.78, 5) is 9.64. The first kappa shape index (κ1) is 18.2. The molecule has 2 aromatic rings. The number of amidine groups is 1. The Hall–Kier alpha value is -2.63. The smallest absolute Gasteiger partial charge is 0.133 e. The maximum Gasteiger partial charge on any atom is 0.133 e. The third-order valence-corrected chi connectivity index (χ3v) is 4.83. The molecule has 0 atom stereocenters. The first-order valence-corrected chi connectivity index (χ1v) is 8.89. The Morgan fingerprint density at radius 2 is 2.04 bits per heavy atom. The topological polar surface area (TPSA) is 65.0 Å². The zero-order chi connectivity index (χ0) is 18.7. The van der Waals surface area contributed by atoms with Gasteiger partial charge in [-0.15, -0.1) is 0 Å². The summed E-state index contributed by atoms with van der Waals surface area (Å²) in [6.45, 7) is 7.42. The Bertz CT molecular complexity index is 819. The van der Waals surface area contributed by atoms with Gasteiger partial charge < -0.3 is 14.6 Å². The molecule has 3 rings (SSSR count). The maximum atomic E-state index is 13.3. The number of aromatic nitrogens is 2. The Morgan fingerprint density at radius 1 is 1.31 bits per heavy atom. The highest BCUT2D eigenvalue weighted by Crippen LogP contribution is 2.22. The largest absolute Gasteiger partial charge is 0.490 e. The average molecular weight is 356 g/mol. The van der Waals surface area contributed by atoms with E-state index in [4.69, 9.17) is 10.1 Å². The number of benzene rings is 1. The maximum absolute atomic E-state index is 13.3. The summed E-state index contributed by atoms with van der Waals surface area (Å²) in [7, 11) is 0. The molecule has 2 N–H and O–H groups in total. The van der Waals surface area contributed by atoms with E-state index >= 15 is 0 Å². The summed E-state index contributed by atoms with van der Waals surface area (Å²) in [5, 5.41) is 8.53. The van der Waals surface area contributed by atoms with Crippen molar-refractivity contribution < 1.29 is 9.13 Å². The van der Waals surface area contributed by atoms with Gasteiger partial charge in [0.1, 0.15) is 29.3 Å². The van der Waals surface area contributed by atoms with Crippen LogP contribution in [0, 0.1) is 18.2 Å². The van der Waals surface area contributed by atoms with Gasteiger partial charge in [0.25, 0.3) is 0 Å². The zero-order valence-electron chi connectivity index (χ0n) is 15.5. The van der Waals surface area contributed by atoms with Gasteiger partial charge in [0.15, 0.2) is 0 Å². The van der Waals surface area contributed by atoms with E-state index in [1.807, 2.05) is 20.8 Å². The molecule has 1 aliphatic heterocycles. The van der Waals surface area contributed by atoms with E-state index < -0.39 is 0 Å². The minimum atomic E-state index is -0.286. The molecule has 0 amide bonds. The van der Waals surface area contributed by atoms with Crippen LogP contribution in [0.1, 0.15) is 38.2 Å². The number of hydrogen-bond donors (Lipinski definition) is 2. The second-order valence-corrected chi connectivity index (χ2v) is 6.78. The zero-order valence-corrected chi connectivity index (χ0v) is 15.5. The molecule has 1 saturated heterocycles. The fraction of sp³-hybridized carbons (Fsp3) is 0.400. The first-order chi connectivity index (χ1) is 12.4. The van der Waals surface area contributed by atoms with Crippen LogP contribution in [0.2, 0.25) is 0 Å². The van der Waals surface area contributed by atoms with Gasteiger partial charge in [-0.2, -0.15) is 0 Å². The molecule has 1 aromatic heterocycles. The number of nitrogens with one attached hydrogen (secondary N) is 2. The van der Waals surface area contributed by atoms with Crippen molar-refractivity contribution in [1.82, 2.24) is 14.9 Å². The third kappa shape index (κ3) is 4.12. The van der Waals surface area contributed by atoms with E-state index in [-0.39, 0.29) is 11.9 Å². The second kappa shape index (κ2) is 7.72. The first-order valence-electron chi connectivity index (χ1n) is 8.89. The lowest BCUT2D eigenvalue weighted by atomic mass is 10.0. The second-order valence-electron chi connectivity index (χ2n) is 6.78. The lowest BCUT2D eigenvalue weighted by molar-refractivity contribution is 0.130. The van der Waals surface area contributed by atoms with Crippen molar-refractivity contribution in [3.8, 4) is 5.75 Å². The number of halogens is 1. The third-order valence-electron chi connectivity index (χ3n) is 4.83. The number of H-pyrrole nitrogens is 1. The average Bonchev–Trinajstić information content (AvgIpc) is 3.07. The van der Waals surface area contributed by atoms with E-state index in [1.54, 1.807) is 18.3 Å². The normalized spacial score (nSPS) is 16.4. The fourth-order valence-corrected chi connectivity index (χ4v) is 3.13. The van der Waals surface area contributed by atoms with E-state index in [1.165, 1.54) is 12.1 Å². The van der Waals surface area contributed by atoms with Gasteiger partial charge in [-0.3, -0.25) is 5.41 Å². The Balaban J connectivity index is 1.59. The fourth-order valence-electron chi connectivity index (χ4n) is 3.13. The minimum absolute atomic E-state index is 0.0546. The predicted molar refractivity (Wildman–Crippen MR) is 101 cm³/mol. The number of likely N-dealkylation sites (tertiary alicyclic amines) is 1. The molecule has 26 heavy (non-hydrogen) atoms. The molecule has 1 aromatic carbocycles. The molecule has 0 saturated carbocycles. The van der Waals surface area contributed by atoms with E-state index in [2.05, 4.69) is 14.9 Å². The van der Waals surface area contributed by atoms with Crippen LogP contribution in [-0.2, 0) is 0 Å². The Labute approximate surface area is 153 Å². The number of nitrogens with zero attached hydrogens (tertiary/aromatic N) is 2. The standard InChI is InChI=1S/C20H25FN4O/c1-13-12-23-20(24-13)15(3)14(2)19(22)25-9-7-17(8-10-25)26-18-6-4-5-16(21)11-18/h4-6,11-12,17,22H,7-10H2,1-3H3,(H,23,24)/b15-14-,22-19?. The van der Waals surface area contributed by atoms with E-state index in [0.717, 1.165) is 48.6 Å². The SMILES string of the molecule is C/C(C(=N)N1CCC(Oc2cccc(F)c2)CC1)=C(\C)c1ncc(C)[nH]1. The molecule has 0 unspecified atom stereocenters. The predicted octanol–water partition coefficient (Wildman–Crippen LogP) is 4.17. The van der Waals surface area contributed by atoms with Crippen molar-refractivity contribution in [3.05, 3.63) is 53.4 Å². The van der Waals surface area contributed by atoms with Crippen LogP contribution in [0.4, 0.5) is 4.39 Å². The van der Waals surface area contributed by atoms with Gasteiger partial charge in [0, 0.05) is 43.9 Å². The van der Waals surface area contributed by atoms with Crippen LogP contribution in [0.15, 0.2) is 36.0 Å². The molecule has 0 spiro atoms. The number of aromatic amines is 1. The number of ether oxygens (including phenoxy) is 1. The summed E-state index contributed by atoms with van der Waals surface area (Å²) in [6, 6.07) is 6.26. The van der Waals surface area contributed by atoms with Gasteiger partial charge >= 0.3 is 0 Å². The summed E-state index contributed by atoms with van der Waals surface area (Å²) < 4.78 is 19.1. The molecule has 0 radical (unpaired) electrons. The van der Waals surface area contributed by atoms with Gasteiger partial charge in [0.05, 0.1) is 0 Å². The minimum Gasteiger partial charge on any atom is -0.490 e. The summed E-state index contributed by atoms with van der Waals surface area (Å²) >= 11 is 0. The molecule has 138 valence electrons. The van der Waals surface area contributed by atoms with Gasteiger partial charge in [0.2, 0.25) is 0 Å². The van der Waals surface area contributed by atoms with Crippen LogP contribution >= 0.6 is 0 Å². The highest BCUT2D eigenvalue weighted by atomic mass is 19.1. The molecule has 2 heterocycles. The van der Waals surface area contributed by atoms with Crippen molar-refractivity contribution >= 4 is 11.4 Å². The van der Waals surface area contributed by atoms with Crippen molar-refractivity contribution in [2.24, 2.45) is 0 Å². The number of allylic oxidation sites excluding steroid dienone is 1. The van der Waals surface area contributed by atoms with Crippen molar-refractivity contribution in [3.63, 3.8) is 0 Å². The number of piperidine rings is 1. The molecule has 5 nitrogen and oxygen atoms in total. The van der Waals surface area contributed by atoms with Crippen LogP contribution in [-0.4, -0.2) is 39.9 Å². The van der Waals surface area contributed by atoms with Crippen LogP contribution in [0.25, 0.3) is 5.57 Å². The highest BCUT2D eigenvalue weighted by Gasteiger charge is 2.24. The lowest BCUT2D eigenvalue weighted by Gasteiger charge is -2.34. The molecule has 1 aliphatic rings. The van der Waals surface area contributed by atoms with Gasteiger partial charge in [-0.1, -0.05) is 6.07 Å². The summed E-state index contributed by atoms with van der Waals surface area (Å²) in [6.07, 6.45) is 3.47. The number of aryl methyl sites for hydroxylation is 1. The Kier molecular flexibility index (Phi) is 5.40. The van der Waals surface area contributed by atoms with Crippen molar-refractivity contribution in [2.45, 2.75) is 39.7 Å². The summed E-state index contributed by atoms with van der Waals surface area (Å²) in [5.74, 6) is 1.62. The number of imidazole rings is 1. The van der Waals surface area contributed by atoms with Gasteiger partial charge in [-0.25, -0.2) is 9.37 Å². The molecular formula is C20H25FN4O. The number of hydrogen-bond acceptors (Lipinski definition) is 3. The lowest BCUT2D eigenvalue weighted by Crippen LogP contribution is -2.42. The van der Waals surface area contributed by atoms with E-state index in [9.17, 15) is 4.39 Å². The molecular weight excluding hydrogens is 331 g/mol. The molecule has 0 aliphatic carbocycles. The Morgan fingerprint density at radius 3 is 2.65 bits per heavy atom. The highest BCUT2D eigenvalue weighted by molar-refractivity contribution is 6.01. The number of rotatable bonds is 4. The monoisotopic (exact) mass is 356 g/mol. The molecule has 6 heteroatoms. The van der Waals surface area contributed by atoms with Crippen LogP contribution < -0.4 is 4.74 Å². The van der Waals surface area contributed by atoms with Crippen molar-refractivity contribution in [2.75, 3.05) is 13.1 Å². The van der Waals surface area contributed by atoms with Gasteiger partial charge in [-0.05, 0) is 44.1 Å². The van der Waals surface area contributed by atoms with E-state index in [0.29, 0.717) is 11.6 Å². The summed E-state index contributed by atoms with van der Waals surface area (Å²) in [5.41, 5.74) is 2.92. The van der Waals surface area contributed by atoms with Crippen LogP contribution in [0.3, 0.4) is 0 Å². The van der Waals surface area contributed by atoms with Crippen LogP contribution in [0.5, 0.6) is 5.75 Å². The molecule has 1 fully saturated rings. The molecule has 0 bridgehead atoms. The quantitative estimate of drug-likeness (QED) is 0.638.